The summed E-state index contributed by atoms with van der Waals surface area (Å²) in [4.78, 5) is 12.3. The summed E-state index contributed by atoms with van der Waals surface area (Å²) in [5.41, 5.74) is 1.66. The Labute approximate surface area is 130 Å². The fourth-order valence-corrected chi connectivity index (χ4v) is 3.40. The van der Waals surface area contributed by atoms with E-state index in [9.17, 15) is 4.79 Å². The van der Waals surface area contributed by atoms with Gasteiger partial charge in [0.2, 0.25) is 0 Å². The van der Waals surface area contributed by atoms with Crippen LogP contribution in [-0.4, -0.2) is 18.3 Å². The van der Waals surface area contributed by atoms with Crippen LogP contribution in [0.2, 0.25) is 5.02 Å². The number of alkyl halides is 1. The molecular formula is C16H21Cl2NO. The molecule has 1 amide bonds. The highest BCUT2D eigenvalue weighted by Crippen LogP contribution is 2.36. The Balaban J connectivity index is 2.02. The lowest BCUT2D eigenvalue weighted by atomic mass is 9.75. The van der Waals surface area contributed by atoms with Crippen LogP contribution in [0, 0.1) is 12.3 Å². The topological polar surface area (TPSA) is 29.1 Å². The van der Waals surface area contributed by atoms with E-state index in [1.54, 1.807) is 12.1 Å². The number of amides is 1. The van der Waals surface area contributed by atoms with Gasteiger partial charge in [0.1, 0.15) is 0 Å². The van der Waals surface area contributed by atoms with Crippen molar-refractivity contribution in [3.05, 3.63) is 34.3 Å². The van der Waals surface area contributed by atoms with E-state index >= 15 is 0 Å². The molecule has 0 unspecified atom stereocenters. The van der Waals surface area contributed by atoms with Gasteiger partial charge in [-0.05, 0) is 37.5 Å². The number of nitrogens with one attached hydrogen (secondary N) is 1. The minimum Gasteiger partial charge on any atom is -0.351 e. The first kappa shape index (κ1) is 15.7. The van der Waals surface area contributed by atoms with E-state index in [-0.39, 0.29) is 11.3 Å². The zero-order valence-corrected chi connectivity index (χ0v) is 13.4. The van der Waals surface area contributed by atoms with Gasteiger partial charge in [-0.15, -0.1) is 11.6 Å². The van der Waals surface area contributed by atoms with Gasteiger partial charge in [0.15, 0.2) is 0 Å². The largest absolute Gasteiger partial charge is 0.351 e. The summed E-state index contributed by atoms with van der Waals surface area (Å²) in [7, 11) is 0. The summed E-state index contributed by atoms with van der Waals surface area (Å²) in [6.45, 7) is 2.57. The second kappa shape index (κ2) is 6.82. The van der Waals surface area contributed by atoms with Crippen LogP contribution in [0.1, 0.15) is 48.0 Å². The van der Waals surface area contributed by atoms with Crippen molar-refractivity contribution in [3.63, 3.8) is 0 Å². The molecule has 2 nitrogen and oxygen atoms in total. The molecule has 0 aliphatic heterocycles. The number of carbonyl (C=O) groups is 1. The second-order valence-electron chi connectivity index (χ2n) is 5.84. The molecule has 0 spiro atoms. The lowest BCUT2D eigenvalue weighted by Gasteiger charge is -2.35. The summed E-state index contributed by atoms with van der Waals surface area (Å²) >= 11 is 12.1. The molecule has 110 valence electrons. The first-order valence-corrected chi connectivity index (χ1v) is 8.08. The number of rotatable bonds is 4. The van der Waals surface area contributed by atoms with Crippen LogP contribution in [0.15, 0.2) is 18.2 Å². The van der Waals surface area contributed by atoms with E-state index in [4.69, 9.17) is 23.2 Å². The summed E-state index contributed by atoms with van der Waals surface area (Å²) in [5, 5.41) is 3.63. The molecule has 0 saturated heterocycles. The third-order valence-corrected chi connectivity index (χ3v) is 5.07. The number of carbonyl (C=O) groups excluding carboxylic acids is 1. The van der Waals surface area contributed by atoms with Gasteiger partial charge >= 0.3 is 0 Å². The van der Waals surface area contributed by atoms with Gasteiger partial charge in [-0.3, -0.25) is 4.79 Å². The minimum absolute atomic E-state index is 0.0555. The molecule has 1 N–H and O–H groups in total. The molecule has 0 atom stereocenters. The predicted octanol–water partition coefficient (Wildman–Crippen LogP) is 4.57. The fraction of sp³-hybridized carbons (Fsp3) is 0.562. The Kier molecular flexibility index (Phi) is 5.34. The molecule has 1 aliphatic rings. The monoisotopic (exact) mass is 313 g/mol. The number of aryl methyl sites for hydroxylation is 1. The van der Waals surface area contributed by atoms with Gasteiger partial charge in [-0.2, -0.15) is 0 Å². The molecule has 2 rings (SSSR count). The van der Waals surface area contributed by atoms with E-state index in [1.165, 1.54) is 19.3 Å². The first-order chi connectivity index (χ1) is 9.56. The van der Waals surface area contributed by atoms with E-state index < -0.39 is 0 Å². The molecule has 1 saturated carbocycles. The number of benzene rings is 1. The third-order valence-electron chi connectivity index (χ3n) is 4.27. The van der Waals surface area contributed by atoms with E-state index in [2.05, 4.69) is 5.32 Å². The standard InChI is InChI=1S/C16H21Cl2NO/c1-12-5-6-13(18)9-14(12)15(20)19-11-16(10-17)7-3-2-4-8-16/h5-6,9H,2-4,7-8,10-11H2,1H3,(H,19,20). The zero-order valence-electron chi connectivity index (χ0n) is 11.8. The lowest BCUT2D eigenvalue weighted by molar-refractivity contribution is 0.0920. The molecule has 0 heterocycles. The Morgan fingerprint density at radius 1 is 1.30 bits per heavy atom. The normalized spacial score (nSPS) is 17.8. The third kappa shape index (κ3) is 3.67. The van der Waals surface area contributed by atoms with Crippen molar-refractivity contribution in [1.29, 1.82) is 0 Å². The smallest absolute Gasteiger partial charge is 0.251 e. The molecule has 0 radical (unpaired) electrons. The summed E-state index contributed by atoms with van der Waals surface area (Å²) < 4.78 is 0. The highest BCUT2D eigenvalue weighted by Gasteiger charge is 2.31. The van der Waals surface area contributed by atoms with Crippen molar-refractivity contribution in [2.24, 2.45) is 5.41 Å². The van der Waals surface area contributed by atoms with Gasteiger partial charge < -0.3 is 5.32 Å². The van der Waals surface area contributed by atoms with Crippen LogP contribution < -0.4 is 5.32 Å². The Hall–Kier alpha value is -0.730. The zero-order chi connectivity index (χ0) is 14.6. The van der Waals surface area contributed by atoms with Crippen molar-refractivity contribution in [1.82, 2.24) is 5.32 Å². The molecule has 1 fully saturated rings. The maximum Gasteiger partial charge on any atom is 0.251 e. The minimum atomic E-state index is -0.0555. The predicted molar refractivity (Wildman–Crippen MR) is 84.8 cm³/mol. The Bertz CT molecular complexity index is 481. The molecular weight excluding hydrogens is 293 g/mol. The van der Waals surface area contributed by atoms with Crippen LogP contribution in [0.25, 0.3) is 0 Å². The fourth-order valence-electron chi connectivity index (χ4n) is 2.86. The van der Waals surface area contributed by atoms with Gasteiger partial charge in [0.05, 0.1) is 0 Å². The Morgan fingerprint density at radius 3 is 2.65 bits per heavy atom. The van der Waals surface area contributed by atoms with Crippen LogP contribution in [-0.2, 0) is 0 Å². The van der Waals surface area contributed by atoms with Crippen molar-refractivity contribution < 1.29 is 4.79 Å². The molecule has 0 aromatic heterocycles. The highest BCUT2D eigenvalue weighted by molar-refractivity contribution is 6.31. The van der Waals surface area contributed by atoms with E-state index in [0.717, 1.165) is 18.4 Å². The SMILES string of the molecule is Cc1ccc(Cl)cc1C(=O)NCC1(CCl)CCCCC1. The average Bonchev–Trinajstić information content (AvgIpc) is 2.48. The molecule has 0 bridgehead atoms. The quantitative estimate of drug-likeness (QED) is 0.811. The molecule has 1 aromatic carbocycles. The number of halogens is 2. The molecule has 4 heteroatoms. The van der Waals surface area contributed by atoms with Crippen molar-refractivity contribution >= 4 is 29.1 Å². The van der Waals surface area contributed by atoms with Crippen LogP contribution in [0.4, 0.5) is 0 Å². The van der Waals surface area contributed by atoms with Gasteiger partial charge in [-0.25, -0.2) is 0 Å². The first-order valence-electron chi connectivity index (χ1n) is 7.17. The van der Waals surface area contributed by atoms with Crippen molar-refractivity contribution in [2.45, 2.75) is 39.0 Å². The van der Waals surface area contributed by atoms with Gasteiger partial charge in [0.25, 0.3) is 5.91 Å². The van der Waals surface area contributed by atoms with E-state index in [0.29, 0.717) is 23.0 Å². The summed E-state index contributed by atoms with van der Waals surface area (Å²) in [6.07, 6.45) is 5.90. The van der Waals surface area contributed by atoms with Gasteiger partial charge in [-0.1, -0.05) is 36.9 Å². The lowest BCUT2D eigenvalue weighted by Crippen LogP contribution is -2.40. The van der Waals surface area contributed by atoms with Gasteiger partial charge in [0, 0.05) is 28.4 Å². The number of hydrogen-bond acceptors (Lipinski definition) is 1. The Morgan fingerprint density at radius 2 is 2.00 bits per heavy atom. The van der Waals surface area contributed by atoms with Crippen LogP contribution in [0.5, 0.6) is 0 Å². The second-order valence-corrected chi connectivity index (χ2v) is 6.54. The van der Waals surface area contributed by atoms with E-state index in [1.807, 2.05) is 13.0 Å². The number of hydrogen-bond donors (Lipinski definition) is 1. The maximum atomic E-state index is 12.3. The molecule has 20 heavy (non-hydrogen) atoms. The maximum absolute atomic E-state index is 12.3. The average molecular weight is 314 g/mol. The summed E-state index contributed by atoms with van der Waals surface area (Å²) in [5.74, 6) is 0.557. The van der Waals surface area contributed by atoms with Crippen molar-refractivity contribution in [2.75, 3.05) is 12.4 Å². The van der Waals surface area contributed by atoms with Crippen LogP contribution in [0.3, 0.4) is 0 Å². The summed E-state index contributed by atoms with van der Waals surface area (Å²) in [6, 6.07) is 5.39. The van der Waals surface area contributed by atoms with Crippen molar-refractivity contribution in [3.8, 4) is 0 Å². The molecule has 1 aromatic rings. The van der Waals surface area contributed by atoms with Crippen LogP contribution >= 0.6 is 23.2 Å². The molecule has 1 aliphatic carbocycles. The highest BCUT2D eigenvalue weighted by atomic mass is 35.5.